The number of hydrogen-bond acceptors (Lipinski definition) is 3. The molecule has 5 heteroatoms. The van der Waals surface area contributed by atoms with Gasteiger partial charge in [-0.05, 0) is 12.8 Å². The molecule has 1 aromatic rings. The van der Waals surface area contributed by atoms with Crippen LogP contribution in [-0.2, 0) is 4.74 Å². The van der Waals surface area contributed by atoms with Crippen LogP contribution in [0.1, 0.15) is 29.6 Å². The van der Waals surface area contributed by atoms with E-state index >= 15 is 0 Å². The van der Waals surface area contributed by atoms with Crippen molar-refractivity contribution in [3.8, 4) is 0 Å². The summed E-state index contributed by atoms with van der Waals surface area (Å²) in [5, 5.41) is 0. The van der Waals surface area contributed by atoms with Crippen LogP contribution in [0.2, 0.25) is 0 Å². The maximum Gasteiger partial charge on any atom is 0.320 e. The minimum atomic E-state index is 0.0306. The molecule has 118 valence electrons. The maximum atomic E-state index is 12.6. The summed E-state index contributed by atoms with van der Waals surface area (Å²) in [6.45, 7) is 3.26. The molecule has 1 atom stereocenters. The Morgan fingerprint density at radius 1 is 1.09 bits per heavy atom. The van der Waals surface area contributed by atoms with Gasteiger partial charge in [-0.2, -0.15) is 0 Å². The zero-order valence-corrected chi connectivity index (χ0v) is 12.7. The normalized spacial score (nSPS) is 21.9. The van der Waals surface area contributed by atoms with Gasteiger partial charge < -0.3 is 14.5 Å². The maximum absolute atomic E-state index is 12.6. The lowest BCUT2D eigenvalue weighted by Gasteiger charge is -2.33. The Kier molecular flexibility index (Phi) is 4.73. The summed E-state index contributed by atoms with van der Waals surface area (Å²) in [5.41, 5.74) is 0.730. The molecule has 2 saturated heterocycles. The number of urea groups is 1. The van der Waals surface area contributed by atoms with E-state index in [1.807, 2.05) is 40.1 Å². The van der Waals surface area contributed by atoms with Crippen molar-refractivity contribution in [2.75, 3.05) is 32.8 Å². The van der Waals surface area contributed by atoms with Gasteiger partial charge in [0.15, 0.2) is 5.78 Å². The number of amides is 2. The van der Waals surface area contributed by atoms with E-state index in [1.54, 1.807) is 0 Å². The number of hydrogen-bond donors (Lipinski definition) is 0. The number of morpholine rings is 1. The van der Waals surface area contributed by atoms with E-state index in [0.717, 1.165) is 24.9 Å². The SMILES string of the molecule is O=C(C[C@@H]1CCCN1C(=O)N1CCOCC1)c1ccccc1. The number of likely N-dealkylation sites (tertiary alicyclic amines) is 1. The molecule has 22 heavy (non-hydrogen) atoms. The first kappa shape index (κ1) is 15.0. The van der Waals surface area contributed by atoms with Crippen LogP contribution in [0.5, 0.6) is 0 Å². The van der Waals surface area contributed by atoms with E-state index in [9.17, 15) is 9.59 Å². The summed E-state index contributed by atoms with van der Waals surface area (Å²) >= 11 is 0. The Morgan fingerprint density at radius 3 is 2.55 bits per heavy atom. The van der Waals surface area contributed by atoms with E-state index < -0.39 is 0 Å². The topological polar surface area (TPSA) is 49.9 Å². The van der Waals surface area contributed by atoms with Gasteiger partial charge in [-0.3, -0.25) is 4.79 Å². The summed E-state index contributed by atoms with van der Waals surface area (Å²) in [7, 11) is 0. The van der Waals surface area contributed by atoms with Gasteiger partial charge in [-0.1, -0.05) is 30.3 Å². The minimum Gasteiger partial charge on any atom is -0.378 e. The molecule has 0 bridgehead atoms. The van der Waals surface area contributed by atoms with Crippen LogP contribution in [0.25, 0.3) is 0 Å². The highest BCUT2D eigenvalue weighted by atomic mass is 16.5. The van der Waals surface area contributed by atoms with E-state index in [4.69, 9.17) is 4.74 Å². The van der Waals surface area contributed by atoms with Crippen LogP contribution >= 0.6 is 0 Å². The summed E-state index contributed by atoms with van der Waals surface area (Å²) in [5.74, 6) is 0.118. The van der Waals surface area contributed by atoms with Crippen LogP contribution in [-0.4, -0.2) is 60.5 Å². The van der Waals surface area contributed by atoms with Crippen molar-refractivity contribution < 1.29 is 14.3 Å². The van der Waals surface area contributed by atoms with Crippen LogP contribution < -0.4 is 0 Å². The standard InChI is InChI=1S/C17H22N2O3/c20-16(14-5-2-1-3-6-14)13-15-7-4-8-19(15)17(21)18-9-11-22-12-10-18/h1-3,5-6,15H,4,7-13H2/t15-/m0/s1. The van der Waals surface area contributed by atoms with E-state index in [1.165, 1.54) is 0 Å². The van der Waals surface area contributed by atoms with Gasteiger partial charge in [0.05, 0.1) is 13.2 Å². The molecule has 0 radical (unpaired) electrons. The second kappa shape index (κ2) is 6.92. The molecular formula is C17H22N2O3. The van der Waals surface area contributed by atoms with Gasteiger partial charge in [0.25, 0.3) is 0 Å². The average Bonchev–Trinajstić information content (AvgIpc) is 3.04. The Hall–Kier alpha value is -1.88. The third-order valence-electron chi connectivity index (χ3n) is 4.42. The highest BCUT2D eigenvalue weighted by Crippen LogP contribution is 2.23. The molecule has 2 aliphatic rings. The fourth-order valence-electron chi connectivity index (χ4n) is 3.19. The molecular weight excluding hydrogens is 280 g/mol. The smallest absolute Gasteiger partial charge is 0.320 e. The lowest BCUT2D eigenvalue weighted by atomic mass is 10.0. The Labute approximate surface area is 130 Å². The molecule has 0 aliphatic carbocycles. The molecule has 0 saturated carbocycles. The lowest BCUT2D eigenvalue weighted by molar-refractivity contribution is 0.0418. The van der Waals surface area contributed by atoms with Gasteiger partial charge in [0, 0.05) is 37.7 Å². The molecule has 0 spiro atoms. The lowest BCUT2D eigenvalue weighted by Crippen LogP contribution is -2.50. The Morgan fingerprint density at radius 2 is 1.82 bits per heavy atom. The van der Waals surface area contributed by atoms with Crippen LogP contribution in [0.15, 0.2) is 30.3 Å². The van der Waals surface area contributed by atoms with Crippen LogP contribution in [0.3, 0.4) is 0 Å². The van der Waals surface area contributed by atoms with Crippen LogP contribution in [0, 0.1) is 0 Å². The van der Waals surface area contributed by atoms with E-state index in [-0.39, 0.29) is 17.9 Å². The van der Waals surface area contributed by atoms with E-state index in [0.29, 0.717) is 32.7 Å². The molecule has 2 heterocycles. The fraction of sp³-hybridized carbons (Fsp3) is 0.529. The summed E-state index contributed by atoms with van der Waals surface area (Å²) in [6.07, 6.45) is 2.30. The highest BCUT2D eigenvalue weighted by molar-refractivity contribution is 5.96. The zero-order chi connectivity index (χ0) is 15.4. The molecule has 0 aromatic heterocycles. The van der Waals surface area contributed by atoms with Crippen LogP contribution in [0.4, 0.5) is 4.79 Å². The van der Waals surface area contributed by atoms with E-state index in [2.05, 4.69) is 0 Å². The quantitative estimate of drug-likeness (QED) is 0.804. The van der Waals surface area contributed by atoms with Crippen molar-refractivity contribution >= 4 is 11.8 Å². The van der Waals surface area contributed by atoms with Crippen molar-refractivity contribution in [1.82, 2.24) is 9.80 Å². The molecule has 2 fully saturated rings. The predicted octanol–water partition coefficient (Wildman–Crippen LogP) is 2.18. The molecule has 2 aliphatic heterocycles. The van der Waals surface area contributed by atoms with Gasteiger partial charge >= 0.3 is 6.03 Å². The van der Waals surface area contributed by atoms with Crippen molar-refractivity contribution in [2.24, 2.45) is 0 Å². The van der Waals surface area contributed by atoms with Crippen molar-refractivity contribution in [2.45, 2.75) is 25.3 Å². The summed E-state index contributed by atoms with van der Waals surface area (Å²) in [6, 6.07) is 9.42. The van der Waals surface area contributed by atoms with Gasteiger partial charge in [-0.25, -0.2) is 4.79 Å². The number of ether oxygens (including phenoxy) is 1. The highest BCUT2D eigenvalue weighted by Gasteiger charge is 2.33. The third kappa shape index (κ3) is 3.30. The van der Waals surface area contributed by atoms with Crippen molar-refractivity contribution in [3.05, 3.63) is 35.9 Å². The molecule has 0 N–H and O–H groups in total. The largest absolute Gasteiger partial charge is 0.378 e. The average molecular weight is 302 g/mol. The molecule has 2 amide bonds. The molecule has 0 unspecified atom stereocenters. The molecule has 1 aromatic carbocycles. The minimum absolute atomic E-state index is 0.0306. The predicted molar refractivity (Wildman–Crippen MR) is 82.9 cm³/mol. The second-order valence-electron chi connectivity index (χ2n) is 5.86. The van der Waals surface area contributed by atoms with Gasteiger partial charge in [-0.15, -0.1) is 0 Å². The Bertz CT molecular complexity index is 526. The summed E-state index contributed by atoms with van der Waals surface area (Å²) < 4.78 is 5.30. The monoisotopic (exact) mass is 302 g/mol. The molecule has 5 nitrogen and oxygen atoms in total. The van der Waals surface area contributed by atoms with Gasteiger partial charge in [0.2, 0.25) is 0 Å². The molecule has 3 rings (SSSR count). The first-order valence-corrected chi connectivity index (χ1v) is 7.97. The number of rotatable bonds is 3. The third-order valence-corrected chi connectivity index (χ3v) is 4.42. The fourth-order valence-corrected chi connectivity index (χ4v) is 3.19. The van der Waals surface area contributed by atoms with Gasteiger partial charge in [0.1, 0.15) is 0 Å². The zero-order valence-electron chi connectivity index (χ0n) is 12.7. The number of carbonyl (C=O) groups is 2. The first-order valence-electron chi connectivity index (χ1n) is 7.97. The second-order valence-corrected chi connectivity index (χ2v) is 5.86. The number of nitrogens with zero attached hydrogens (tertiary/aromatic N) is 2. The first-order chi connectivity index (χ1) is 10.8. The van der Waals surface area contributed by atoms with Crippen molar-refractivity contribution in [3.63, 3.8) is 0 Å². The summed E-state index contributed by atoms with van der Waals surface area (Å²) in [4.78, 5) is 28.7. The number of carbonyl (C=O) groups excluding carboxylic acids is 2. The Balaban J connectivity index is 1.63. The number of Topliss-reactive ketones (excluding diaryl/α,β-unsaturated/α-hetero) is 1. The van der Waals surface area contributed by atoms with Crippen molar-refractivity contribution in [1.29, 1.82) is 0 Å². The number of ketones is 1. The number of benzene rings is 1.